The highest BCUT2D eigenvalue weighted by Gasteiger charge is 2.07. The van der Waals surface area contributed by atoms with E-state index in [4.69, 9.17) is 0 Å². The number of hydrogen-bond acceptors (Lipinski definition) is 4. The number of anilines is 2. The van der Waals surface area contributed by atoms with Crippen LogP contribution in [-0.4, -0.2) is 15.0 Å². The van der Waals surface area contributed by atoms with E-state index in [0.29, 0.717) is 5.95 Å². The van der Waals surface area contributed by atoms with Gasteiger partial charge >= 0.3 is 0 Å². The van der Waals surface area contributed by atoms with Crippen LogP contribution in [0.1, 0.15) is 5.56 Å². The Bertz CT molecular complexity index is 988. The molecule has 4 heteroatoms. The molecule has 0 amide bonds. The lowest BCUT2D eigenvalue weighted by Gasteiger charge is -2.08. The van der Waals surface area contributed by atoms with Gasteiger partial charge in [-0.25, -0.2) is 9.97 Å². The van der Waals surface area contributed by atoms with Crippen LogP contribution in [0.3, 0.4) is 0 Å². The topological polar surface area (TPSA) is 50.7 Å². The van der Waals surface area contributed by atoms with E-state index in [1.165, 1.54) is 5.56 Å². The lowest BCUT2D eigenvalue weighted by Crippen LogP contribution is -1.98. The van der Waals surface area contributed by atoms with Crippen LogP contribution in [0.25, 0.3) is 22.2 Å². The summed E-state index contributed by atoms with van der Waals surface area (Å²) in [6, 6.07) is 20.1. The highest BCUT2D eigenvalue weighted by atomic mass is 15.1. The molecular formula is C20H16N4. The first-order chi connectivity index (χ1) is 11.8. The third-order valence-electron chi connectivity index (χ3n) is 3.89. The number of rotatable bonds is 3. The van der Waals surface area contributed by atoms with Crippen LogP contribution < -0.4 is 5.32 Å². The van der Waals surface area contributed by atoms with Crippen molar-refractivity contribution in [3.63, 3.8) is 0 Å². The molecule has 0 aliphatic carbocycles. The summed E-state index contributed by atoms with van der Waals surface area (Å²) in [4.78, 5) is 13.4. The summed E-state index contributed by atoms with van der Waals surface area (Å²) < 4.78 is 0. The number of benzene rings is 2. The molecule has 0 saturated carbocycles. The molecule has 1 N–H and O–H groups in total. The Morgan fingerprint density at radius 1 is 0.792 bits per heavy atom. The van der Waals surface area contributed by atoms with Crippen molar-refractivity contribution in [2.75, 3.05) is 5.32 Å². The fraction of sp³-hybridized carbons (Fsp3) is 0.0500. The molecule has 0 fully saturated rings. The maximum absolute atomic E-state index is 4.66. The van der Waals surface area contributed by atoms with Crippen molar-refractivity contribution in [3.8, 4) is 11.3 Å². The van der Waals surface area contributed by atoms with Gasteiger partial charge in [0.2, 0.25) is 5.95 Å². The molecule has 2 aromatic heterocycles. The first-order valence-electron chi connectivity index (χ1n) is 7.80. The lowest BCUT2D eigenvalue weighted by atomic mass is 10.1. The van der Waals surface area contributed by atoms with Crippen LogP contribution in [0.5, 0.6) is 0 Å². The molecule has 24 heavy (non-hydrogen) atoms. The summed E-state index contributed by atoms with van der Waals surface area (Å²) in [6.45, 7) is 2.06. The Hall–Kier alpha value is -3.27. The van der Waals surface area contributed by atoms with Crippen LogP contribution in [0.2, 0.25) is 0 Å². The van der Waals surface area contributed by atoms with Crippen molar-refractivity contribution in [2.24, 2.45) is 0 Å². The molecule has 0 spiro atoms. The number of para-hydroxylation sites is 1. The average Bonchev–Trinajstić information content (AvgIpc) is 2.63. The third kappa shape index (κ3) is 2.82. The van der Waals surface area contributed by atoms with Gasteiger partial charge in [0.25, 0.3) is 0 Å². The monoisotopic (exact) mass is 312 g/mol. The van der Waals surface area contributed by atoms with E-state index in [-0.39, 0.29) is 0 Å². The van der Waals surface area contributed by atoms with E-state index >= 15 is 0 Å². The van der Waals surface area contributed by atoms with Gasteiger partial charge in [-0.3, -0.25) is 4.98 Å². The number of aromatic nitrogens is 3. The van der Waals surface area contributed by atoms with Gasteiger partial charge in [0.15, 0.2) is 0 Å². The first kappa shape index (κ1) is 14.3. The molecule has 2 aromatic carbocycles. The van der Waals surface area contributed by atoms with Crippen molar-refractivity contribution < 1.29 is 0 Å². The summed E-state index contributed by atoms with van der Waals surface area (Å²) in [5, 5.41) is 4.33. The van der Waals surface area contributed by atoms with Crippen LogP contribution >= 0.6 is 0 Å². The molecule has 0 atom stereocenters. The molecule has 0 bridgehead atoms. The second-order valence-corrected chi connectivity index (χ2v) is 5.63. The van der Waals surface area contributed by atoms with Gasteiger partial charge in [-0.1, -0.05) is 35.9 Å². The quantitative estimate of drug-likeness (QED) is 0.593. The van der Waals surface area contributed by atoms with Gasteiger partial charge < -0.3 is 5.32 Å². The van der Waals surface area contributed by atoms with E-state index in [0.717, 1.165) is 27.8 Å². The minimum atomic E-state index is 0.581. The maximum atomic E-state index is 4.66. The standard InChI is InChI=1S/C20H16N4/c1-14-6-8-15(9-7-14)23-20-22-13-11-19(24-20)17-10-12-21-18-5-3-2-4-16(17)18/h2-13H,1H3,(H,22,23,24). The fourth-order valence-corrected chi connectivity index (χ4v) is 2.65. The smallest absolute Gasteiger partial charge is 0.227 e. The molecule has 0 unspecified atom stereocenters. The number of fused-ring (bicyclic) bond motifs is 1. The Kier molecular flexibility index (Phi) is 3.63. The molecule has 0 aliphatic heterocycles. The molecule has 0 radical (unpaired) electrons. The Balaban J connectivity index is 1.73. The normalized spacial score (nSPS) is 10.7. The van der Waals surface area contributed by atoms with Gasteiger partial charge in [0.05, 0.1) is 11.2 Å². The van der Waals surface area contributed by atoms with Gasteiger partial charge in [-0.15, -0.1) is 0 Å². The highest BCUT2D eigenvalue weighted by Crippen LogP contribution is 2.26. The van der Waals surface area contributed by atoms with Crippen molar-refractivity contribution >= 4 is 22.5 Å². The van der Waals surface area contributed by atoms with E-state index in [1.807, 2.05) is 48.7 Å². The molecule has 0 aliphatic rings. The van der Waals surface area contributed by atoms with Crippen LogP contribution in [0.4, 0.5) is 11.6 Å². The highest BCUT2D eigenvalue weighted by molar-refractivity contribution is 5.93. The zero-order valence-corrected chi connectivity index (χ0v) is 13.3. The lowest BCUT2D eigenvalue weighted by molar-refractivity contribution is 1.17. The number of nitrogens with one attached hydrogen (secondary N) is 1. The van der Waals surface area contributed by atoms with Gasteiger partial charge in [-0.05, 0) is 37.3 Å². The predicted molar refractivity (Wildman–Crippen MR) is 97.2 cm³/mol. The van der Waals surface area contributed by atoms with Crippen LogP contribution in [-0.2, 0) is 0 Å². The maximum Gasteiger partial charge on any atom is 0.227 e. The zero-order valence-electron chi connectivity index (χ0n) is 13.3. The number of pyridine rings is 1. The summed E-state index contributed by atoms with van der Waals surface area (Å²) in [5.74, 6) is 0.581. The van der Waals surface area contributed by atoms with Crippen molar-refractivity contribution in [1.29, 1.82) is 0 Å². The minimum Gasteiger partial charge on any atom is -0.324 e. The van der Waals surface area contributed by atoms with Gasteiger partial charge in [0, 0.05) is 29.0 Å². The summed E-state index contributed by atoms with van der Waals surface area (Å²) in [5.41, 5.74) is 5.07. The Morgan fingerprint density at radius 3 is 2.46 bits per heavy atom. The molecular weight excluding hydrogens is 296 g/mol. The third-order valence-corrected chi connectivity index (χ3v) is 3.89. The zero-order chi connectivity index (χ0) is 16.4. The number of hydrogen-bond donors (Lipinski definition) is 1. The molecule has 4 nitrogen and oxygen atoms in total. The van der Waals surface area contributed by atoms with Gasteiger partial charge in [0.1, 0.15) is 0 Å². The molecule has 2 heterocycles. The first-order valence-corrected chi connectivity index (χ1v) is 7.80. The van der Waals surface area contributed by atoms with Crippen LogP contribution in [0.15, 0.2) is 73.1 Å². The summed E-state index contributed by atoms with van der Waals surface area (Å²) in [7, 11) is 0. The number of aryl methyl sites for hydroxylation is 1. The summed E-state index contributed by atoms with van der Waals surface area (Å²) >= 11 is 0. The predicted octanol–water partition coefficient (Wildman–Crippen LogP) is 4.74. The van der Waals surface area contributed by atoms with Crippen LogP contribution in [0, 0.1) is 6.92 Å². The second kappa shape index (κ2) is 6.08. The van der Waals surface area contributed by atoms with Crippen molar-refractivity contribution in [1.82, 2.24) is 15.0 Å². The molecule has 4 rings (SSSR count). The number of nitrogens with zero attached hydrogens (tertiary/aromatic N) is 3. The Morgan fingerprint density at radius 2 is 1.58 bits per heavy atom. The SMILES string of the molecule is Cc1ccc(Nc2nccc(-c3ccnc4ccccc34)n2)cc1. The van der Waals surface area contributed by atoms with E-state index in [9.17, 15) is 0 Å². The molecule has 0 saturated heterocycles. The molecule has 116 valence electrons. The fourth-order valence-electron chi connectivity index (χ4n) is 2.65. The van der Waals surface area contributed by atoms with Gasteiger partial charge in [-0.2, -0.15) is 0 Å². The van der Waals surface area contributed by atoms with E-state index in [2.05, 4.69) is 45.4 Å². The largest absolute Gasteiger partial charge is 0.324 e. The van der Waals surface area contributed by atoms with Crippen molar-refractivity contribution in [2.45, 2.75) is 6.92 Å². The summed E-state index contributed by atoms with van der Waals surface area (Å²) in [6.07, 6.45) is 3.58. The van der Waals surface area contributed by atoms with Crippen molar-refractivity contribution in [3.05, 3.63) is 78.6 Å². The Labute approximate surface area is 140 Å². The minimum absolute atomic E-state index is 0.581. The average molecular weight is 312 g/mol. The van der Waals surface area contributed by atoms with E-state index < -0.39 is 0 Å². The van der Waals surface area contributed by atoms with E-state index in [1.54, 1.807) is 6.20 Å². The molecule has 4 aromatic rings. The second-order valence-electron chi connectivity index (χ2n) is 5.63.